The molecule has 1 heterocycles. The van der Waals surface area contributed by atoms with Crippen molar-refractivity contribution in [2.24, 2.45) is 5.73 Å². The van der Waals surface area contributed by atoms with Crippen LogP contribution in [0, 0.1) is 6.92 Å². The number of carbonyl (C=O) groups is 2. The predicted molar refractivity (Wildman–Crippen MR) is 62.0 cm³/mol. The lowest BCUT2D eigenvalue weighted by atomic mass is 10.1. The quantitative estimate of drug-likeness (QED) is 0.814. The first-order valence-corrected chi connectivity index (χ1v) is 4.93. The van der Waals surface area contributed by atoms with Gasteiger partial charge in [0.1, 0.15) is 5.69 Å². The topological polar surface area (TPSA) is 93.3 Å². The summed E-state index contributed by atoms with van der Waals surface area (Å²) < 4.78 is 0. The largest absolute Gasteiger partial charge is 0.478 e. The van der Waals surface area contributed by atoms with Gasteiger partial charge in [0.05, 0.1) is 11.1 Å². The lowest BCUT2D eigenvalue weighted by molar-refractivity contribution is 0.0699. The lowest BCUT2D eigenvalue weighted by Gasteiger charge is -2.05. The van der Waals surface area contributed by atoms with Crippen molar-refractivity contribution in [2.45, 2.75) is 6.92 Å². The van der Waals surface area contributed by atoms with E-state index >= 15 is 0 Å². The van der Waals surface area contributed by atoms with Crippen LogP contribution in [0.5, 0.6) is 0 Å². The van der Waals surface area contributed by atoms with Crippen molar-refractivity contribution < 1.29 is 14.7 Å². The molecule has 1 amide bonds. The van der Waals surface area contributed by atoms with E-state index < -0.39 is 11.9 Å². The fourth-order valence-electron chi connectivity index (χ4n) is 1.64. The second-order valence-corrected chi connectivity index (χ2v) is 3.75. The molecular weight excluding hydrogens is 220 g/mol. The number of pyridine rings is 1. The Labute approximate surface area is 96.9 Å². The van der Waals surface area contributed by atoms with Crippen LogP contribution in [-0.4, -0.2) is 22.0 Å². The van der Waals surface area contributed by atoms with Gasteiger partial charge in [0.25, 0.3) is 5.91 Å². The number of aryl methyl sites for hydroxylation is 1. The molecule has 0 saturated heterocycles. The van der Waals surface area contributed by atoms with Gasteiger partial charge in [-0.1, -0.05) is 12.1 Å². The Balaban J connectivity index is 2.85. The van der Waals surface area contributed by atoms with E-state index in [2.05, 4.69) is 4.98 Å². The van der Waals surface area contributed by atoms with E-state index in [0.29, 0.717) is 10.9 Å². The fraction of sp³-hybridized carbons (Fsp3) is 0.0833. The highest BCUT2D eigenvalue weighted by Crippen LogP contribution is 2.19. The summed E-state index contributed by atoms with van der Waals surface area (Å²) in [4.78, 5) is 26.2. The maximum absolute atomic E-state index is 11.1. The first kappa shape index (κ1) is 11.1. The number of carboxylic acids is 1. The second-order valence-electron chi connectivity index (χ2n) is 3.75. The van der Waals surface area contributed by atoms with E-state index in [1.807, 2.05) is 6.92 Å². The molecular formula is C12H10N2O3. The van der Waals surface area contributed by atoms with Gasteiger partial charge in [0.15, 0.2) is 0 Å². The van der Waals surface area contributed by atoms with E-state index in [0.717, 1.165) is 5.56 Å². The highest BCUT2D eigenvalue weighted by atomic mass is 16.4. The molecule has 3 N–H and O–H groups in total. The molecule has 0 atom stereocenters. The zero-order valence-electron chi connectivity index (χ0n) is 9.10. The Morgan fingerprint density at radius 2 is 2.00 bits per heavy atom. The minimum Gasteiger partial charge on any atom is -0.478 e. The molecule has 0 saturated carbocycles. The third kappa shape index (κ3) is 1.94. The van der Waals surface area contributed by atoms with Gasteiger partial charge in [-0.15, -0.1) is 0 Å². The summed E-state index contributed by atoms with van der Waals surface area (Å²) in [7, 11) is 0. The highest BCUT2D eigenvalue weighted by Gasteiger charge is 2.14. The Kier molecular flexibility index (Phi) is 2.51. The predicted octanol–water partition coefficient (Wildman–Crippen LogP) is 1.34. The van der Waals surface area contributed by atoms with Crippen LogP contribution in [0.3, 0.4) is 0 Å². The molecule has 0 unspecified atom stereocenters. The maximum Gasteiger partial charge on any atom is 0.336 e. The average molecular weight is 230 g/mol. The van der Waals surface area contributed by atoms with Crippen LogP contribution in [0.15, 0.2) is 24.3 Å². The number of fused-ring (bicyclic) bond motifs is 1. The van der Waals surface area contributed by atoms with Crippen molar-refractivity contribution >= 4 is 22.8 Å². The number of hydrogen-bond acceptors (Lipinski definition) is 3. The van der Waals surface area contributed by atoms with Gasteiger partial charge in [-0.25, -0.2) is 9.78 Å². The second kappa shape index (κ2) is 3.86. The Morgan fingerprint density at radius 3 is 2.59 bits per heavy atom. The number of carboxylic acid groups (broad SMARTS) is 1. The molecule has 1 aromatic carbocycles. The zero-order valence-corrected chi connectivity index (χ0v) is 9.10. The van der Waals surface area contributed by atoms with Crippen LogP contribution in [0.25, 0.3) is 10.9 Å². The van der Waals surface area contributed by atoms with Crippen LogP contribution in [0.1, 0.15) is 26.4 Å². The van der Waals surface area contributed by atoms with Crippen LogP contribution in [0.2, 0.25) is 0 Å². The number of hydrogen-bond donors (Lipinski definition) is 2. The van der Waals surface area contributed by atoms with E-state index in [1.165, 1.54) is 6.07 Å². The van der Waals surface area contributed by atoms with Crippen LogP contribution in [0.4, 0.5) is 0 Å². The van der Waals surface area contributed by atoms with Crippen LogP contribution < -0.4 is 5.73 Å². The third-order valence-electron chi connectivity index (χ3n) is 2.45. The van der Waals surface area contributed by atoms with Gasteiger partial charge in [-0.3, -0.25) is 4.79 Å². The first-order chi connectivity index (χ1) is 7.99. The average Bonchev–Trinajstić information content (AvgIpc) is 2.26. The summed E-state index contributed by atoms with van der Waals surface area (Å²) in [6.07, 6.45) is 0. The van der Waals surface area contributed by atoms with E-state index in [1.54, 1.807) is 18.2 Å². The van der Waals surface area contributed by atoms with Crippen molar-refractivity contribution in [2.75, 3.05) is 0 Å². The molecule has 0 aliphatic rings. The summed E-state index contributed by atoms with van der Waals surface area (Å²) in [5, 5.41) is 9.57. The summed E-state index contributed by atoms with van der Waals surface area (Å²) in [6.45, 7) is 1.86. The molecule has 0 bridgehead atoms. The minimum atomic E-state index is -1.11. The molecule has 0 aliphatic carbocycles. The number of carbonyl (C=O) groups excluding carboxylic acids is 1. The van der Waals surface area contributed by atoms with Crippen LogP contribution in [-0.2, 0) is 0 Å². The molecule has 2 rings (SSSR count). The third-order valence-corrected chi connectivity index (χ3v) is 2.45. The first-order valence-electron chi connectivity index (χ1n) is 4.93. The minimum absolute atomic E-state index is 0.0313. The van der Waals surface area contributed by atoms with E-state index in [4.69, 9.17) is 10.8 Å². The smallest absolute Gasteiger partial charge is 0.336 e. The van der Waals surface area contributed by atoms with E-state index in [9.17, 15) is 9.59 Å². The molecule has 86 valence electrons. The molecule has 0 aliphatic heterocycles. The Morgan fingerprint density at radius 1 is 1.29 bits per heavy atom. The summed E-state index contributed by atoms with van der Waals surface area (Å²) in [5.41, 5.74) is 6.50. The molecule has 0 spiro atoms. The monoisotopic (exact) mass is 230 g/mol. The summed E-state index contributed by atoms with van der Waals surface area (Å²) in [6, 6.07) is 6.38. The molecule has 0 radical (unpaired) electrons. The van der Waals surface area contributed by atoms with Crippen molar-refractivity contribution in [1.82, 2.24) is 4.98 Å². The number of amides is 1. The fourth-order valence-corrected chi connectivity index (χ4v) is 1.64. The van der Waals surface area contributed by atoms with Gasteiger partial charge in [0.2, 0.25) is 0 Å². The number of benzene rings is 1. The number of aromatic nitrogens is 1. The number of nitrogens with zero attached hydrogens (tertiary/aromatic N) is 1. The number of nitrogens with two attached hydrogens (primary N) is 1. The van der Waals surface area contributed by atoms with Crippen molar-refractivity contribution in [3.63, 3.8) is 0 Å². The highest BCUT2D eigenvalue weighted by molar-refractivity contribution is 6.05. The van der Waals surface area contributed by atoms with Gasteiger partial charge in [-0.05, 0) is 24.6 Å². The van der Waals surface area contributed by atoms with E-state index in [-0.39, 0.29) is 11.3 Å². The Hall–Kier alpha value is -2.43. The molecule has 5 nitrogen and oxygen atoms in total. The normalized spacial score (nSPS) is 10.4. The number of primary amides is 1. The SMILES string of the molecule is Cc1ccc2c(C(=O)O)cc(C(N)=O)nc2c1. The van der Waals surface area contributed by atoms with Crippen molar-refractivity contribution in [1.29, 1.82) is 0 Å². The molecule has 0 fully saturated rings. The zero-order chi connectivity index (χ0) is 12.6. The molecule has 1 aromatic heterocycles. The summed E-state index contributed by atoms with van der Waals surface area (Å²) in [5.74, 6) is -1.85. The standard InChI is InChI=1S/C12H10N2O3/c1-6-2-3-7-8(12(16)17)5-10(11(13)15)14-9(7)4-6/h2-5H,1H3,(H2,13,15)(H,16,17). The molecule has 17 heavy (non-hydrogen) atoms. The van der Waals surface area contributed by atoms with Gasteiger partial charge in [0, 0.05) is 5.39 Å². The maximum atomic E-state index is 11.1. The van der Waals surface area contributed by atoms with Gasteiger partial charge >= 0.3 is 5.97 Å². The van der Waals surface area contributed by atoms with Crippen molar-refractivity contribution in [3.8, 4) is 0 Å². The number of rotatable bonds is 2. The van der Waals surface area contributed by atoms with Gasteiger partial charge in [-0.2, -0.15) is 0 Å². The Bertz CT molecular complexity index is 635. The lowest BCUT2D eigenvalue weighted by Crippen LogP contribution is -2.14. The molecule has 2 aromatic rings. The van der Waals surface area contributed by atoms with Gasteiger partial charge < -0.3 is 10.8 Å². The molecule has 5 heteroatoms. The number of aromatic carboxylic acids is 1. The van der Waals surface area contributed by atoms with Crippen molar-refractivity contribution in [3.05, 3.63) is 41.1 Å². The van der Waals surface area contributed by atoms with Crippen LogP contribution >= 0.6 is 0 Å². The summed E-state index contributed by atoms with van der Waals surface area (Å²) >= 11 is 0.